The van der Waals surface area contributed by atoms with Crippen LogP contribution in [0.1, 0.15) is 30.0 Å². The Morgan fingerprint density at radius 2 is 1.71 bits per heavy atom. The van der Waals surface area contributed by atoms with Gasteiger partial charge in [-0.25, -0.2) is 0 Å². The van der Waals surface area contributed by atoms with E-state index in [4.69, 9.17) is 11.6 Å². The highest BCUT2D eigenvalue weighted by atomic mass is 35.5. The molecule has 2 aliphatic heterocycles. The Bertz CT molecular complexity index is 1110. The highest BCUT2D eigenvalue weighted by Crippen LogP contribution is 2.49. The minimum absolute atomic E-state index is 0.161. The van der Waals surface area contributed by atoms with Crippen molar-refractivity contribution in [3.05, 3.63) is 70.8 Å². The number of alkyl halides is 6. The van der Waals surface area contributed by atoms with Crippen molar-refractivity contribution < 1.29 is 31.4 Å². The van der Waals surface area contributed by atoms with Crippen molar-refractivity contribution in [3.8, 4) is 0 Å². The molecular weight excluding hydrogens is 484 g/mol. The Morgan fingerprint density at radius 3 is 2.32 bits per heavy atom. The molecule has 0 radical (unpaired) electrons. The van der Waals surface area contributed by atoms with Crippen LogP contribution in [0, 0.1) is 0 Å². The lowest BCUT2D eigenvalue weighted by Crippen LogP contribution is -2.62. The maximum absolute atomic E-state index is 13.6. The van der Waals surface area contributed by atoms with Gasteiger partial charge in [0.15, 0.2) is 0 Å². The Hall–Kier alpha value is -2.56. The van der Waals surface area contributed by atoms with Crippen molar-refractivity contribution in [1.82, 2.24) is 5.32 Å². The first-order chi connectivity index (χ1) is 15.9. The predicted molar refractivity (Wildman–Crippen MR) is 118 cm³/mol. The summed E-state index contributed by atoms with van der Waals surface area (Å²) in [7, 11) is 0. The second-order valence-corrected chi connectivity index (χ2v) is 8.48. The molecule has 34 heavy (non-hydrogen) atoms. The number of halogens is 7. The second-order valence-electron chi connectivity index (χ2n) is 8.07. The van der Waals surface area contributed by atoms with Crippen LogP contribution in [0.3, 0.4) is 0 Å². The third-order valence-electron chi connectivity index (χ3n) is 5.96. The lowest BCUT2D eigenvalue weighted by atomic mass is 9.90. The number of rotatable bonds is 4. The topological polar surface area (TPSA) is 47.9 Å². The molecule has 0 aliphatic carbocycles. The van der Waals surface area contributed by atoms with Crippen molar-refractivity contribution in [3.63, 3.8) is 0 Å². The minimum atomic E-state index is -6.02. The first kappa shape index (κ1) is 24.6. The van der Waals surface area contributed by atoms with E-state index in [1.165, 1.54) is 12.1 Å². The number of nitrogens with zero attached hydrogens (tertiary/aromatic N) is 2. The lowest BCUT2D eigenvalue weighted by Gasteiger charge is -2.32. The highest BCUT2D eigenvalue weighted by molar-refractivity contribution is 6.31. The second kappa shape index (κ2) is 8.90. The maximum atomic E-state index is 13.6. The van der Waals surface area contributed by atoms with Gasteiger partial charge in [-0.05, 0) is 47.9 Å². The molecule has 11 heteroatoms. The van der Waals surface area contributed by atoms with Gasteiger partial charge in [-0.3, -0.25) is 5.01 Å². The molecule has 2 aromatic rings. The fraction of sp³-hybridized carbons (Fsp3) is 0.348. The molecule has 2 heterocycles. The minimum Gasteiger partial charge on any atom is -0.369 e. The van der Waals surface area contributed by atoms with Crippen LogP contribution < -0.4 is 10.3 Å². The summed E-state index contributed by atoms with van der Waals surface area (Å²) in [4.78, 5) is 0. The van der Waals surface area contributed by atoms with E-state index in [2.05, 4.69) is 10.4 Å². The molecule has 0 spiro atoms. The molecule has 1 atom stereocenters. The van der Waals surface area contributed by atoms with Gasteiger partial charge in [0.2, 0.25) is 0 Å². The molecular formula is C23H20ClF6N3O. The molecule has 2 N–H and O–H groups in total. The van der Waals surface area contributed by atoms with E-state index in [0.717, 1.165) is 22.7 Å². The summed E-state index contributed by atoms with van der Waals surface area (Å²) in [6, 6.07) is 11.8. The van der Waals surface area contributed by atoms with Gasteiger partial charge in [0.05, 0.1) is 17.4 Å². The maximum Gasteiger partial charge on any atom is 0.431 e. The smallest absolute Gasteiger partial charge is 0.369 e. The van der Waals surface area contributed by atoms with E-state index in [0.29, 0.717) is 18.5 Å². The first-order valence-corrected chi connectivity index (χ1v) is 10.8. The zero-order valence-corrected chi connectivity index (χ0v) is 18.3. The van der Waals surface area contributed by atoms with Gasteiger partial charge in [-0.1, -0.05) is 48.0 Å². The zero-order valence-electron chi connectivity index (χ0n) is 17.6. The van der Waals surface area contributed by atoms with Gasteiger partial charge in [0.1, 0.15) is 0 Å². The molecule has 182 valence electrons. The fourth-order valence-corrected chi connectivity index (χ4v) is 4.44. The van der Waals surface area contributed by atoms with Gasteiger partial charge >= 0.3 is 12.4 Å². The van der Waals surface area contributed by atoms with Gasteiger partial charge in [0, 0.05) is 18.0 Å². The van der Waals surface area contributed by atoms with Crippen LogP contribution in [0.4, 0.5) is 32.0 Å². The summed E-state index contributed by atoms with van der Waals surface area (Å²) in [5.41, 5.74) is -4.18. The van der Waals surface area contributed by atoms with E-state index in [1.807, 2.05) is 12.1 Å². The van der Waals surface area contributed by atoms with Crippen LogP contribution in [0.25, 0.3) is 5.57 Å². The van der Waals surface area contributed by atoms with Gasteiger partial charge < -0.3 is 10.4 Å². The summed E-state index contributed by atoms with van der Waals surface area (Å²) in [5.74, 6) is 0. The normalized spacial score (nSPS) is 19.8. The van der Waals surface area contributed by atoms with Gasteiger partial charge in [-0.2, -0.15) is 31.4 Å². The number of nitrogens with one attached hydrogen (secondary N) is 1. The molecule has 1 unspecified atom stereocenters. The summed E-state index contributed by atoms with van der Waals surface area (Å²) < 4.78 is 81.5. The molecule has 4 rings (SSSR count). The molecule has 0 fully saturated rings. The average Bonchev–Trinajstić information content (AvgIpc) is 3.23. The van der Waals surface area contributed by atoms with Crippen molar-refractivity contribution in [2.45, 2.75) is 36.8 Å². The van der Waals surface area contributed by atoms with Crippen LogP contribution in [0.2, 0.25) is 5.02 Å². The fourth-order valence-electron chi connectivity index (χ4n) is 4.18. The van der Waals surface area contributed by atoms with Crippen LogP contribution in [-0.2, 0) is 0 Å². The third-order valence-corrected chi connectivity index (χ3v) is 6.30. The molecule has 4 nitrogen and oxygen atoms in total. The van der Waals surface area contributed by atoms with E-state index in [-0.39, 0.29) is 10.7 Å². The zero-order chi connectivity index (χ0) is 24.7. The summed E-state index contributed by atoms with van der Waals surface area (Å²) in [6.07, 6.45) is -10.2. The van der Waals surface area contributed by atoms with Crippen molar-refractivity contribution >= 4 is 28.6 Å². The van der Waals surface area contributed by atoms with E-state index < -0.39 is 36.1 Å². The Balaban J connectivity index is 1.84. The van der Waals surface area contributed by atoms with Crippen molar-refractivity contribution in [2.24, 2.45) is 5.10 Å². The molecule has 2 aromatic carbocycles. The monoisotopic (exact) mass is 503 g/mol. The summed E-state index contributed by atoms with van der Waals surface area (Å²) >= 11 is 6.25. The van der Waals surface area contributed by atoms with Crippen molar-refractivity contribution in [1.29, 1.82) is 0 Å². The number of anilines is 1. The van der Waals surface area contributed by atoms with Crippen LogP contribution in [0.15, 0.2) is 59.7 Å². The Kier molecular flexibility index (Phi) is 6.43. The lowest BCUT2D eigenvalue weighted by molar-refractivity contribution is -0.338. The number of aliphatic hydroxyl groups is 1. The Labute approximate surface area is 196 Å². The van der Waals surface area contributed by atoms with Crippen molar-refractivity contribution in [2.75, 3.05) is 18.1 Å². The standard InChI is InChI=1S/C23H20ClF6N3O/c24-18-7-2-1-6-17(18)19-13-20(21(34,22(25,26)27)23(28,29)30)32-33(19)16-5-3-4-15(12-16)14-8-10-31-11-9-14/h1-8,12,19,31,34H,9-11,13H2. The molecule has 0 saturated heterocycles. The molecule has 0 aromatic heterocycles. The average molecular weight is 504 g/mol. The number of benzene rings is 2. The highest BCUT2D eigenvalue weighted by Gasteiger charge is 2.74. The summed E-state index contributed by atoms with van der Waals surface area (Å²) in [6.45, 7) is 1.40. The number of hydrazone groups is 1. The molecule has 2 aliphatic rings. The van der Waals surface area contributed by atoms with E-state index >= 15 is 0 Å². The van der Waals surface area contributed by atoms with Gasteiger partial charge in [-0.15, -0.1) is 0 Å². The molecule has 0 amide bonds. The van der Waals surface area contributed by atoms with E-state index in [1.54, 1.807) is 30.3 Å². The quantitative estimate of drug-likeness (QED) is 0.512. The van der Waals surface area contributed by atoms with Crippen LogP contribution in [-0.4, -0.2) is 41.9 Å². The Morgan fingerprint density at radius 1 is 1.00 bits per heavy atom. The van der Waals surface area contributed by atoms with Crippen LogP contribution in [0.5, 0.6) is 0 Å². The van der Waals surface area contributed by atoms with Gasteiger partial charge in [0.25, 0.3) is 5.60 Å². The number of hydrogen-bond donors (Lipinski definition) is 2. The molecule has 0 saturated carbocycles. The van der Waals surface area contributed by atoms with Crippen LogP contribution >= 0.6 is 11.6 Å². The van der Waals surface area contributed by atoms with E-state index in [9.17, 15) is 31.4 Å². The molecule has 0 bridgehead atoms. The first-order valence-electron chi connectivity index (χ1n) is 10.4. The SMILES string of the molecule is OC(C1=NN(c2cccc(C3=CCNCC3)c2)C(c2ccccc2Cl)C1)(C(F)(F)F)C(F)(F)F. The largest absolute Gasteiger partial charge is 0.431 e. The predicted octanol–water partition coefficient (Wildman–Crippen LogP) is 5.88. The summed E-state index contributed by atoms with van der Waals surface area (Å²) in [5, 5.41) is 18.1. The third kappa shape index (κ3) is 4.30. The number of hydrogen-bond acceptors (Lipinski definition) is 4.